The molecule has 0 radical (unpaired) electrons. The van der Waals surface area contributed by atoms with Crippen molar-refractivity contribution in [3.05, 3.63) is 63.6 Å². The first kappa shape index (κ1) is 20.6. The first-order valence-electron chi connectivity index (χ1n) is 9.14. The maximum atomic E-state index is 13.1. The highest BCUT2D eigenvalue weighted by Crippen LogP contribution is 2.26. The fourth-order valence-electron chi connectivity index (χ4n) is 3.37. The Hall–Kier alpha value is -2.08. The van der Waals surface area contributed by atoms with Crippen LogP contribution in [0.2, 0.25) is 10.0 Å². The number of methoxy groups -OCH3 is 1. The molecule has 0 spiro atoms. The molecule has 2 aromatic rings. The van der Waals surface area contributed by atoms with Crippen LogP contribution >= 0.6 is 23.2 Å². The number of carbonyl (C=O) groups excluding carboxylic acids is 2. The molecule has 28 heavy (non-hydrogen) atoms. The highest BCUT2D eigenvalue weighted by Gasteiger charge is 2.32. The first-order chi connectivity index (χ1) is 13.5. The molecule has 1 aliphatic heterocycles. The SMILES string of the molecule is COCc1cccc(C(=O)N2CCCCC2C(=O)Nc2ccc(Cl)c(Cl)c2)c1. The molecule has 7 heteroatoms. The van der Waals surface area contributed by atoms with Crippen molar-refractivity contribution in [2.24, 2.45) is 0 Å². The Morgan fingerprint density at radius 2 is 1.96 bits per heavy atom. The van der Waals surface area contributed by atoms with Crippen LogP contribution in [0.25, 0.3) is 0 Å². The third kappa shape index (κ3) is 4.85. The molecule has 1 aliphatic rings. The molecular formula is C21H22Cl2N2O3. The van der Waals surface area contributed by atoms with Gasteiger partial charge in [-0.15, -0.1) is 0 Å². The van der Waals surface area contributed by atoms with Crippen molar-refractivity contribution >= 4 is 40.7 Å². The molecule has 1 unspecified atom stereocenters. The van der Waals surface area contributed by atoms with Gasteiger partial charge in [0.05, 0.1) is 16.7 Å². The zero-order valence-electron chi connectivity index (χ0n) is 15.6. The first-order valence-corrected chi connectivity index (χ1v) is 9.90. The van der Waals surface area contributed by atoms with Gasteiger partial charge in [-0.1, -0.05) is 35.3 Å². The van der Waals surface area contributed by atoms with Crippen LogP contribution in [0.1, 0.15) is 35.2 Å². The van der Waals surface area contributed by atoms with E-state index < -0.39 is 6.04 Å². The summed E-state index contributed by atoms with van der Waals surface area (Å²) in [5.74, 6) is -0.369. The number of halogens is 2. The molecule has 1 N–H and O–H groups in total. The molecule has 0 bridgehead atoms. The number of nitrogens with zero attached hydrogens (tertiary/aromatic N) is 1. The smallest absolute Gasteiger partial charge is 0.254 e. The minimum Gasteiger partial charge on any atom is -0.380 e. The Balaban J connectivity index is 1.77. The van der Waals surface area contributed by atoms with Crippen LogP contribution in [0.3, 0.4) is 0 Å². The topological polar surface area (TPSA) is 58.6 Å². The average molecular weight is 421 g/mol. The number of piperidine rings is 1. The second-order valence-corrected chi connectivity index (χ2v) is 7.58. The minimum absolute atomic E-state index is 0.146. The van der Waals surface area contributed by atoms with E-state index in [-0.39, 0.29) is 11.8 Å². The van der Waals surface area contributed by atoms with Gasteiger partial charge in [-0.05, 0) is 55.2 Å². The monoisotopic (exact) mass is 420 g/mol. The van der Waals surface area contributed by atoms with Gasteiger partial charge in [0.25, 0.3) is 5.91 Å². The van der Waals surface area contributed by atoms with E-state index in [4.69, 9.17) is 27.9 Å². The summed E-state index contributed by atoms with van der Waals surface area (Å²) < 4.78 is 5.14. The summed E-state index contributed by atoms with van der Waals surface area (Å²) in [6, 6.07) is 11.7. The lowest BCUT2D eigenvalue weighted by Gasteiger charge is -2.35. The summed E-state index contributed by atoms with van der Waals surface area (Å²) in [5.41, 5.74) is 2.03. The van der Waals surface area contributed by atoms with Crippen molar-refractivity contribution in [3.8, 4) is 0 Å². The lowest BCUT2D eigenvalue weighted by atomic mass is 9.99. The van der Waals surface area contributed by atoms with Crippen molar-refractivity contribution in [1.82, 2.24) is 4.90 Å². The number of benzene rings is 2. The third-order valence-electron chi connectivity index (χ3n) is 4.74. The fraction of sp³-hybridized carbons (Fsp3) is 0.333. The zero-order chi connectivity index (χ0) is 20.1. The van der Waals surface area contributed by atoms with Crippen molar-refractivity contribution in [2.45, 2.75) is 31.9 Å². The van der Waals surface area contributed by atoms with E-state index in [1.54, 1.807) is 36.3 Å². The number of amides is 2. The van der Waals surface area contributed by atoms with Gasteiger partial charge in [0.1, 0.15) is 6.04 Å². The second kappa shape index (κ2) is 9.41. The molecule has 1 heterocycles. The summed E-state index contributed by atoms with van der Waals surface area (Å²) >= 11 is 12.0. The fourth-order valence-corrected chi connectivity index (χ4v) is 3.67. The van der Waals surface area contributed by atoms with E-state index in [2.05, 4.69) is 5.32 Å². The van der Waals surface area contributed by atoms with Crippen LogP contribution < -0.4 is 5.32 Å². The summed E-state index contributed by atoms with van der Waals surface area (Å²) in [6.45, 7) is 0.981. The molecule has 5 nitrogen and oxygen atoms in total. The van der Waals surface area contributed by atoms with Gasteiger partial charge < -0.3 is 15.0 Å². The quantitative estimate of drug-likeness (QED) is 0.757. The lowest BCUT2D eigenvalue weighted by molar-refractivity contribution is -0.121. The Morgan fingerprint density at radius 3 is 2.71 bits per heavy atom. The van der Waals surface area contributed by atoms with E-state index in [0.29, 0.717) is 40.9 Å². The van der Waals surface area contributed by atoms with Crippen LogP contribution in [0.15, 0.2) is 42.5 Å². The van der Waals surface area contributed by atoms with Crippen molar-refractivity contribution in [1.29, 1.82) is 0 Å². The normalized spacial score (nSPS) is 16.7. The van der Waals surface area contributed by atoms with Crippen molar-refractivity contribution < 1.29 is 14.3 Å². The Morgan fingerprint density at radius 1 is 1.14 bits per heavy atom. The number of rotatable bonds is 5. The molecule has 1 atom stereocenters. The van der Waals surface area contributed by atoms with E-state index >= 15 is 0 Å². The predicted octanol–water partition coefficient (Wildman–Crippen LogP) is 4.77. The highest BCUT2D eigenvalue weighted by atomic mass is 35.5. The van der Waals surface area contributed by atoms with E-state index in [1.807, 2.05) is 18.2 Å². The van der Waals surface area contributed by atoms with Gasteiger partial charge in [-0.25, -0.2) is 0 Å². The standard InChI is InChI=1S/C21H22Cl2N2O3/c1-28-13-14-5-4-6-15(11-14)21(27)25-10-3-2-7-19(25)20(26)24-16-8-9-17(22)18(23)12-16/h4-6,8-9,11-12,19H,2-3,7,10,13H2,1H3,(H,24,26). The molecule has 0 saturated carbocycles. The van der Waals surface area contributed by atoms with Crippen LogP contribution in [-0.4, -0.2) is 36.4 Å². The van der Waals surface area contributed by atoms with Crippen LogP contribution in [0.5, 0.6) is 0 Å². The van der Waals surface area contributed by atoms with Crippen molar-refractivity contribution in [2.75, 3.05) is 19.0 Å². The van der Waals surface area contributed by atoms with Crippen molar-refractivity contribution in [3.63, 3.8) is 0 Å². The number of hydrogen-bond acceptors (Lipinski definition) is 3. The van der Waals surface area contributed by atoms with Gasteiger partial charge in [-0.2, -0.15) is 0 Å². The van der Waals surface area contributed by atoms with Gasteiger partial charge in [0.2, 0.25) is 5.91 Å². The Bertz CT molecular complexity index is 872. The molecular weight excluding hydrogens is 399 g/mol. The maximum Gasteiger partial charge on any atom is 0.254 e. The van der Waals surface area contributed by atoms with E-state index in [1.165, 1.54) is 0 Å². The molecule has 3 rings (SSSR count). The number of carbonyl (C=O) groups is 2. The van der Waals surface area contributed by atoms with Crippen LogP contribution in [-0.2, 0) is 16.1 Å². The zero-order valence-corrected chi connectivity index (χ0v) is 17.1. The van der Waals surface area contributed by atoms with E-state index in [0.717, 1.165) is 18.4 Å². The third-order valence-corrected chi connectivity index (χ3v) is 5.48. The predicted molar refractivity (Wildman–Crippen MR) is 111 cm³/mol. The Kier molecular flexibility index (Phi) is 6.94. The Labute approximate surface area is 174 Å². The summed E-state index contributed by atoms with van der Waals surface area (Å²) in [5, 5.41) is 3.64. The van der Waals surface area contributed by atoms with Gasteiger partial charge in [0, 0.05) is 24.9 Å². The lowest BCUT2D eigenvalue weighted by Crippen LogP contribution is -2.50. The van der Waals surface area contributed by atoms with E-state index in [9.17, 15) is 9.59 Å². The number of hydrogen-bond donors (Lipinski definition) is 1. The summed E-state index contributed by atoms with van der Waals surface area (Å²) in [7, 11) is 1.61. The summed E-state index contributed by atoms with van der Waals surface area (Å²) in [4.78, 5) is 27.6. The molecule has 2 amide bonds. The van der Waals surface area contributed by atoms with Crippen LogP contribution in [0.4, 0.5) is 5.69 Å². The maximum absolute atomic E-state index is 13.1. The highest BCUT2D eigenvalue weighted by molar-refractivity contribution is 6.42. The molecule has 2 aromatic carbocycles. The molecule has 0 aromatic heterocycles. The number of nitrogens with one attached hydrogen (secondary N) is 1. The number of ether oxygens (including phenoxy) is 1. The molecule has 1 fully saturated rings. The van der Waals surface area contributed by atoms with Gasteiger partial charge >= 0.3 is 0 Å². The average Bonchev–Trinajstić information content (AvgIpc) is 2.70. The van der Waals surface area contributed by atoms with Gasteiger partial charge in [-0.3, -0.25) is 9.59 Å². The molecule has 148 valence electrons. The number of anilines is 1. The number of likely N-dealkylation sites (tertiary alicyclic amines) is 1. The van der Waals surface area contributed by atoms with Crippen LogP contribution in [0, 0.1) is 0 Å². The minimum atomic E-state index is -0.526. The largest absolute Gasteiger partial charge is 0.380 e. The summed E-state index contributed by atoms with van der Waals surface area (Å²) in [6.07, 6.45) is 2.39. The van der Waals surface area contributed by atoms with Gasteiger partial charge in [0.15, 0.2) is 0 Å². The second-order valence-electron chi connectivity index (χ2n) is 6.76. The molecule has 1 saturated heterocycles. The molecule has 0 aliphatic carbocycles.